The van der Waals surface area contributed by atoms with Gasteiger partial charge < -0.3 is 10.5 Å². The smallest absolute Gasteiger partial charge is 0.128 e. The number of hydrogen-bond acceptors (Lipinski definition) is 3. The summed E-state index contributed by atoms with van der Waals surface area (Å²) in [5, 5.41) is 4.15. The molecule has 2 aromatic rings. The highest BCUT2D eigenvalue weighted by molar-refractivity contribution is 5.68. The first-order valence-corrected chi connectivity index (χ1v) is 5.11. The summed E-state index contributed by atoms with van der Waals surface area (Å²) in [6.45, 7) is 0.523. The number of benzene rings is 1. The number of nitrogens with zero attached hydrogens (tertiary/aromatic N) is 2. The molecule has 0 saturated heterocycles. The maximum absolute atomic E-state index is 5.64. The number of ether oxygens (including phenoxy) is 1. The maximum atomic E-state index is 5.64. The lowest BCUT2D eigenvalue weighted by Gasteiger charge is -2.10. The molecule has 0 fully saturated rings. The van der Waals surface area contributed by atoms with Crippen molar-refractivity contribution in [3.63, 3.8) is 0 Å². The lowest BCUT2D eigenvalue weighted by molar-refractivity contribution is 0.416. The molecule has 0 aliphatic heterocycles. The predicted molar refractivity (Wildman–Crippen MR) is 63.1 cm³/mol. The largest absolute Gasteiger partial charge is 0.496 e. The van der Waals surface area contributed by atoms with Crippen LogP contribution in [0.5, 0.6) is 5.75 Å². The van der Waals surface area contributed by atoms with E-state index < -0.39 is 0 Å². The third-order valence-electron chi connectivity index (χ3n) is 2.60. The first kappa shape index (κ1) is 10.7. The van der Waals surface area contributed by atoms with Crippen LogP contribution in [0.15, 0.2) is 30.5 Å². The second-order valence-electron chi connectivity index (χ2n) is 3.58. The Kier molecular flexibility index (Phi) is 2.92. The van der Waals surface area contributed by atoms with Crippen molar-refractivity contribution in [3.8, 4) is 17.0 Å². The summed E-state index contributed by atoms with van der Waals surface area (Å²) in [6.07, 6.45) is 1.77. The van der Waals surface area contributed by atoms with Gasteiger partial charge in [0.2, 0.25) is 0 Å². The Bertz CT molecular complexity index is 491. The quantitative estimate of drug-likeness (QED) is 0.848. The Morgan fingerprint density at radius 1 is 1.38 bits per heavy atom. The highest BCUT2D eigenvalue weighted by atomic mass is 16.5. The monoisotopic (exact) mass is 217 g/mol. The zero-order valence-electron chi connectivity index (χ0n) is 9.47. The van der Waals surface area contributed by atoms with Gasteiger partial charge in [-0.2, -0.15) is 5.10 Å². The molecule has 0 atom stereocenters. The predicted octanol–water partition coefficient (Wildman–Crippen LogP) is 1.55. The molecule has 16 heavy (non-hydrogen) atoms. The summed E-state index contributed by atoms with van der Waals surface area (Å²) < 4.78 is 7.16. The Balaban J connectivity index is 2.57. The fourth-order valence-electron chi connectivity index (χ4n) is 1.72. The van der Waals surface area contributed by atoms with Crippen molar-refractivity contribution in [1.82, 2.24) is 9.78 Å². The molecule has 4 nitrogen and oxygen atoms in total. The Hall–Kier alpha value is -1.81. The van der Waals surface area contributed by atoms with Crippen molar-refractivity contribution in [2.75, 3.05) is 7.11 Å². The van der Waals surface area contributed by atoms with E-state index in [1.165, 1.54) is 0 Å². The lowest BCUT2D eigenvalue weighted by Crippen LogP contribution is -2.00. The van der Waals surface area contributed by atoms with E-state index in [4.69, 9.17) is 10.5 Å². The Morgan fingerprint density at radius 3 is 2.75 bits per heavy atom. The van der Waals surface area contributed by atoms with Crippen LogP contribution in [0.25, 0.3) is 11.3 Å². The summed E-state index contributed by atoms with van der Waals surface area (Å²) in [5.74, 6) is 0.834. The number of nitrogens with two attached hydrogens (primary N) is 1. The maximum Gasteiger partial charge on any atom is 0.128 e. The first-order chi connectivity index (χ1) is 7.76. The van der Waals surface area contributed by atoms with Crippen LogP contribution in [0.2, 0.25) is 0 Å². The fraction of sp³-hybridized carbons (Fsp3) is 0.250. The zero-order chi connectivity index (χ0) is 11.5. The van der Waals surface area contributed by atoms with Crippen LogP contribution in [0, 0.1) is 0 Å². The van der Waals surface area contributed by atoms with E-state index in [1.807, 2.05) is 36.0 Å². The molecule has 0 aliphatic rings. The molecule has 1 aromatic carbocycles. The number of aromatic nitrogens is 2. The molecule has 84 valence electrons. The van der Waals surface area contributed by atoms with E-state index in [0.29, 0.717) is 6.54 Å². The molecule has 1 heterocycles. The summed E-state index contributed by atoms with van der Waals surface area (Å²) >= 11 is 0. The molecule has 0 bridgehead atoms. The number of rotatable bonds is 3. The van der Waals surface area contributed by atoms with Gasteiger partial charge in [-0.15, -0.1) is 0 Å². The van der Waals surface area contributed by atoms with Crippen LogP contribution < -0.4 is 10.5 Å². The Labute approximate surface area is 94.6 Å². The first-order valence-electron chi connectivity index (χ1n) is 5.11. The molecule has 0 radical (unpaired) electrons. The second-order valence-corrected chi connectivity index (χ2v) is 3.58. The summed E-state index contributed by atoms with van der Waals surface area (Å²) in [7, 11) is 3.57. The van der Waals surface area contributed by atoms with Crippen LogP contribution in [-0.4, -0.2) is 16.9 Å². The van der Waals surface area contributed by atoms with Gasteiger partial charge in [0.1, 0.15) is 5.75 Å². The average molecular weight is 217 g/mol. The molecular weight excluding hydrogens is 202 g/mol. The van der Waals surface area contributed by atoms with Crippen molar-refractivity contribution in [2.45, 2.75) is 6.54 Å². The van der Waals surface area contributed by atoms with Crippen LogP contribution >= 0.6 is 0 Å². The van der Waals surface area contributed by atoms with E-state index in [1.54, 1.807) is 13.3 Å². The molecule has 1 aromatic heterocycles. The number of aryl methyl sites for hydroxylation is 1. The molecule has 0 aliphatic carbocycles. The normalized spacial score (nSPS) is 10.4. The van der Waals surface area contributed by atoms with E-state index in [0.717, 1.165) is 22.6 Å². The van der Waals surface area contributed by atoms with Crippen LogP contribution in [-0.2, 0) is 13.6 Å². The molecule has 0 unspecified atom stereocenters. The topological polar surface area (TPSA) is 53.1 Å². The number of methoxy groups -OCH3 is 1. The van der Waals surface area contributed by atoms with E-state index in [9.17, 15) is 0 Å². The summed E-state index contributed by atoms with van der Waals surface area (Å²) in [6, 6.07) is 7.90. The van der Waals surface area contributed by atoms with Crippen molar-refractivity contribution in [2.24, 2.45) is 12.8 Å². The Morgan fingerprint density at radius 2 is 2.19 bits per heavy atom. The van der Waals surface area contributed by atoms with E-state index in [2.05, 4.69) is 5.10 Å². The van der Waals surface area contributed by atoms with Gasteiger partial charge in [0.05, 0.1) is 12.8 Å². The van der Waals surface area contributed by atoms with Crippen LogP contribution in [0.4, 0.5) is 0 Å². The van der Waals surface area contributed by atoms with Crippen molar-refractivity contribution < 1.29 is 4.74 Å². The van der Waals surface area contributed by atoms with Crippen LogP contribution in [0.1, 0.15) is 5.56 Å². The van der Waals surface area contributed by atoms with Gasteiger partial charge in [-0.25, -0.2) is 0 Å². The molecule has 0 spiro atoms. The fourth-order valence-corrected chi connectivity index (χ4v) is 1.72. The van der Waals surface area contributed by atoms with E-state index >= 15 is 0 Å². The molecule has 2 N–H and O–H groups in total. The van der Waals surface area contributed by atoms with Crippen LogP contribution in [0.3, 0.4) is 0 Å². The third-order valence-corrected chi connectivity index (χ3v) is 2.60. The second kappa shape index (κ2) is 4.37. The van der Waals surface area contributed by atoms with Crippen molar-refractivity contribution >= 4 is 0 Å². The lowest BCUT2D eigenvalue weighted by atomic mass is 10.1. The van der Waals surface area contributed by atoms with Gasteiger partial charge in [0, 0.05) is 25.4 Å². The molecule has 0 saturated carbocycles. The third kappa shape index (κ3) is 1.79. The van der Waals surface area contributed by atoms with Crippen molar-refractivity contribution in [3.05, 3.63) is 36.0 Å². The van der Waals surface area contributed by atoms with Gasteiger partial charge in [-0.05, 0) is 23.8 Å². The van der Waals surface area contributed by atoms with Crippen molar-refractivity contribution in [1.29, 1.82) is 0 Å². The molecule has 2 rings (SSSR count). The number of hydrogen-bond donors (Lipinski definition) is 1. The molecule has 0 amide bonds. The highest BCUT2D eigenvalue weighted by Crippen LogP contribution is 2.30. The molecular formula is C12H15N3O. The van der Waals surface area contributed by atoms with E-state index in [-0.39, 0.29) is 0 Å². The minimum Gasteiger partial charge on any atom is -0.496 e. The van der Waals surface area contributed by atoms with Gasteiger partial charge in [-0.1, -0.05) is 6.07 Å². The van der Waals surface area contributed by atoms with Gasteiger partial charge in [0.15, 0.2) is 0 Å². The summed E-state index contributed by atoms with van der Waals surface area (Å²) in [5.41, 5.74) is 8.76. The molecule has 4 heteroatoms. The zero-order valence-corrected chi connectivity index (χ0v) is 9.47. The van der Waals surface area contributed by atoms with Gasteiger partial charge in [-0.3, -0.25) is 4.68 Å². The minimum absolute atomic E-state index is 0.523. The minimum atomic E-state index is 0.523. The highest BCUT2D eigenvalue weighted by Gasteiger charge is 2.09. The summed E-state index contributed by atoms with van der Waals surface area (Å²) in [4.78, 5) is 0. The SMILES string of the molecule is COc1ccc(CN)cc1-c1ccnn1C. The van der Waals surface area contributed by atoms with Gasteiger partial charge >= 0.3 is 0 Å². The standard InChI is InChI=1S/C12H15N3O/c1-15-11(5-6-14-15)10-7-9(8-13)3-4-12(10)16-2/h3-7H,8,13H2,1-2H3. The average Bonchev–Trinajstić information content (AvgIpc) is 2.74. The van der Waals surface area contributed by atoms with Gasteiger partial charge in [0.25, 0.3) is 0 Å².